The third-order valence-electron chi connectivity index (χ3n) is 5.63. The fourth-order valence-electron chi connectivity index (χ4n) is 4.02. The van der Waals surface area contributed by atoms with Gasteiger partial charge in [0.1, 0.15) is 6.54 Å². The van der Waals surface area contributed by atoms with Crippen LogP contribution in [0, 0.1) is 0 Å². The summed E-state index contributed by atoms with van der Waals surface area (Å²) in [5, 5.41) is 2.36. The number of nitrogens with two attached hydrogens (primary N) is 1. The summed E-state index contributed by atoms with van der Waals surface area (Å²) < 4.78 is 11.6. The molecule has 0 aliphatic carbocycles. The molecule has 0 unspecified atom stereocenters. The lowest BCUT2D eigenvalue weighted by molar-refractivity contribution is -0.673. The minimum atomic E-state index is -0.00486. The average Bonchev–Trinajstić information content (AvgIpc) is 3.13. The summed E-state index contributed by atoms with van der Waals surface area (Å²) in [5.41, 5.74) is 1.69. The SMILES string of the molecule is CC[C@@]1(C)C[C@@](CC[NH2+]Cc2ccco2)(c2ccccc2)CCO1. The number of rotatable bonds is 7. The van der Waals surface area contributed by atoms with Crippen LogP contribution in [0.15, 0.2) is 53.1 Å². The van der Waals surface area contributed by atoms with E-state index in [9.17, 15) is 0 Å². The van der Waals surface area contributed by atoms with Crippen molar-refractivity contribution in [2.75, 3.05) is 13.2 Å². The zero-order valence-electron chi connectivity index (χ0n) is 15.0. The van der Waals surface area contributed by atoms with Crippen molar-refractivity contribution in [1.29, 1.82) is 0 Å². The summed E-state index contributed by atoms with van der Waals surface area (Å²) in [6.45, 7) is 7.40. The molecule has 3 nitrogen and oxygen atoms in total. The summed E-state index contributed by atoms with van der Waals surface area (Å²) in [4.78, 5) is 0. The van der Waals surface area contributed by atoms with E-state index in [-0.39, 0.29) is 11.0 Å². The number of quaternary nitrogens is 1. The topological polar surface area (TPSA) is 39.0 Å². The molecule has 1 fully saturated rings. The van der Waals surface area contributed by atoms with Gasteiger partial charge < -0.3 is 14.5 Å². The summed E-state index contributed by atoms with van der Waals surface area (Å²) >= 11 is 0. The molecule has 2 atom stereocenters. The monoisotopic (exact) mass is 328 g/mol. The maximum absolute atomic E-state index is 6.13. The van der Waals surface area contributed by atoms with E-state index in [0.717, 1.165) is 44.7 Å². The molecule has 2 aromatic rings. The molecule has 24 heavy (non-hydrogen) atoms. The Bertz CT molecular complexity index is 610. The fraction of sp³-hybridized carbons (Fsp3) is 0.524. The van der Waals surface area contributed by atoms with Gasteiger partial charge in [0.15, 0.2) is 5.76 Å². The summed E-state index contributed by atoms with van der Waals surface area (Å²) in [6, 6.07) is 15.1. The molecule has 1 saturated heterocycles. The third kappa shape index (κ3) is 3.90. The van der Waals surface area contributed by atoms with Gasteiger partial charge in [-0.05, 0) is 43.9 Å². The molecule has 1 aromatic heterocycles. The number of benzene rings is 1. The van der Waals surface area contributed by atoms with Gasteiger partial charge in [-0.2, -0.15) is 0 Å². The maximum atomic E-state index is 6.13. The number of hydrogen-bond donors (Lipinski definition) is 1. The molecular formula is C21H30NO2+. The maximum Gasteiger partial charge on any atom is 0.157 e. The Kier molecular flexibility index (Phi) is 5.42. The largest absolute Gasteiger partial charge is 0.463 e. The standard InChI is InChI=1S/C21H29NO2/c1-3-20(2)17-21(12-15-24-20,18-8-5-4-6-9-18)11-13-22-16-19-10-7-14-23-19/h4-10,14,22H,3,11-13,15-17H2,1-2H3/p+1/t20-,21-/m0/s1. The van der Waals surface area contributed by atoms with Crippen LogP contribution in [0.1, 0.15) is 50.9 Å². The molecule has 1 aliphatic rings. The van der Waals surface area contributed by atoms with Crippen molar-refractivity contribution in [3.63, 3.8) is 0 Å². The minimum Gasteiger partial charge on any atom is -0.463 e. The van der Waals surface area contributed by atoms with E-state index >= 15 is 0 Å². The van der Waals surface area contributed by atoms with Gasteiger partial charge in [-0.25, -0.2) is 0 Å². The van der Waals surface area contributed by atoms with Gasteiger partial charge in [-0.15, -0.1) is 0 Å². The molecule has 0 amide bonds. The summed E-state index contributed by atoms with van der Waals surface area (Å²) in [7, 11) is 0. The molecule has 130 valence electrons. The smallest absolute Gasteiger partial charge is 0.157 e. The lowest BCUT2D eigenvalue weighted by atomic mass is 9.66. The average molecular weight is 328 g/mol. The molecule has 0 bridgehead atoms. The van der Waals surface area contributed by atoms with E-state index < -0.39 is 0 Å². The second-order valence-electron chi connectivity index (χ2n) is 7.34. The van der Waals surface area contributed by atoms with Crippen LogP contribution in [-0.4, -0.2) is 18.8 Å². The lowest BCUT2D eigenvalue weighted by Gasteiger charge is -2.46. The van der Waals surface area contributed by atoms with Crippen molar-refractivity contribution in [3.05, 3.63) is 60.1 Å². The van der Waals surface area contributed by atoms with Crippen LogP contribution in [-0.2, 0) is 16.7 Å². The predicted octanol–water partition coefficient (Wildman–Crippen LogP) is 3.65. The molecule has 3 heteroatoms. The van der Waals surface area contributed by atoms with Crippen molar-refractivity contribution in [2.45, 2.75) is 57.1 Å². The number of hydrogen-bond acceptors (Lipinski definition) is 2. The summed E-state index contributed by atoms with van der Waals surface area (Å²) in [5.74, 6) is 1.05. The van der Waals surface area contributed by atoms with Gasteiger partial charge in [0, 0.05) is 18.4 Å². The number of ether oxygens (including phenoxy) is 1. The molecule has 0 radical (unpaired) electrons. The molecule has 1 aromatic carbocycles. The lowest BCUT2D eigenvalue weighted by Crippen LogP contribution is -2.83. The van der Waals surface area contributed by atoms with Gasteiger partial charge in [0.25, 0.3) is 0 Å². The van der Waals surface area contributed by atoms with E-state index in [1.807, 2.05) is 12.1 Å². The van der Waals surface area contributed by atoms with Crippen molar-refractivity contribution in [1.82, 2.24) is 0 Å². The fourth-order valence-corrected chi connectivity index (χ4v) is 4.02. The zero-order valence-corrected chi connectivity index (χ0v) is 15.0. The van der Waals surface area contributed by atoms with Gasteiger partial charge in [0.2, 0.25) is 0 Å². The van der Waals surface area contributed by atoms with Crippen molar-refractivity contribution >= 4 is 0 Å². The van der Waals surface area contributed by atoms with Crippen LogP contribution < -0.4 is 5.32 Å². The highest BCUT2D eigenvalue weighted by atomic mass is 16.5. The van der Waals surface area contributed by atoms with Crippen molar-refractivity contribution < 1.29 is 14.5 Å². The quantitative estimate of drug-likeness (QED) is 0.788. The second-order valence-corrected chi connectivity index (χ2v) is 7.34. The number of furan rings is 1. The van der Waals surface area contributed by atoms with Crippen LogP contribution in [0.25, 0.3) is 0 Å². The van der Waals surface area contributed by atoms with E-state index in [0.29, 0.717) is 0 Å². The molecular weight excluding hydrogens is 298 g/mol. The second kappa shape index (κ2) is 7.54. The molecule has 2 heterocycles. The Labute approximate surface area is 145 Å². The Hall–Kier alpha value is -1.58. The van der Waals surface area contributed by atoms with E-state index in [1.165, 1.54) is 12.0 Å². The van der Waals surface area contributed by atoms with Gasteiger partial charge in [0.05, 0.1) is 18.4 Å². The van der Waals surface area contributed by atoms with Gasteiger partial charge in [-0.3, -0.25) is 0 Å². The van der Waals surface area contributed by atoms with E-state index in [2.05, 4.69) is 49.5 Å². The van der Waals surface area contributed by atoms with Crippen LogP contribution in [0.4, 0.5) is 0 Å². The van der Waals surface area contributed by atoms with Crippen LogP contribution in [0.2, 0.25) is 0 Å². The Balaban J connectivity index is 1.70. The van der Waals surface area contributed by atoms with Crippen molar-refractivity contribution in [2.24, 2.45) is 0 Å². The predicted molar refractivity (Wildman–Crippen MR) is 95.8 cm³/mol. The molecule has 1 aliphatic heterocycles. The molecule has 0 spiro atoms. The highest BCUT2D eigenvalue weighted by Crippen LogP contribution is 2.44. The normalized spacial score (nSPS) is 27.2. The van der Waals surface area contributed by atoms with E-state index in [4.69, 9.17) is 9.15 Å². The Morgan fingerprint density at radius 2 is 1.96 bits per heavy atom. The van der Waals surface area contributed by atoms with Gasteiger partial charge >= 0.3 is 0 Å². The van der Waals surface area contributed by atoms with Crippen LogP contribution in [0.5, 0.6) is 0 Å². The van der Waals surface area contributed by atoms with Crippen LogP contribution >= 0.6 is 0 Å². The minimum absolute atomic E-state index is 0.00486. The first-order valence-corrected chi connectivity index (χ1v) is 9.19. The zero-order chi connectivity index (χ0) is 16.9. The molecule has 0 saturated carbocycles. The first kappa shape index (κ1) is 17.2. The van der Waals surface area contributed by atoms with Crippen LogP contribution in [0.3, 0.4) is 0 Å². The molecule has 2 N–H and O–H groups in total. The highest BCUT2D eigenvalue weighted by Gasteiger charge is 2.43. The van der Waals surface area contributed by atoms with E-state index in [1.54, 1.807) is 6.26 Å². The van der Waals surface area contributed by atoms with Crippen molar-refractivity contribution in [3.8, 4) is 0 Å². The first-order valence-electron chi connectivity index (χ1n) is 9.19. The first-order chi connectivity index (χ1) is 11.7. The Morgan fingerprint density at radius 3 is 2.67 bits per heavy atom. The van der Waals surface area contributed by atoms with Gasteiger partial charge in [-0.1, -0.05) is 37.3 Å². The Morgan fingerprint density at radius 1 is 1.12 bits per heavy atom. The molecule has 3 rings (SSSR count). The third-order valence-corrected chi connectivity index (χ3v) is 5.63. The highest BCUT2D eigenvalue weighted by molar-refractivity contribution is 5.27. The summed E-state index contributed by atoms with van der Waals surface area (Å²) in [6.07, 6.45) is 6.21.